The summed E-state index contributed by atoms with van der Waals surface area (Å²) >= 11 is 3.48. The van der Waals surface area contributed by atoms with Gasteiger partial charge in [-0.15, -0.1) is 0 Å². The van der Waals surface area contributed by atoms with Crippen LogP contribution in [0.4, 0.5) is 0 Å². The second-order valence-corrected chi connectivity index (χ2v) is 6.08. The van der Waals surface area contributed by atoms with Gasteiger partial charge in [0.1, 0.15) is 0 Å². The van der Waals surface area contributed by atoms with E-state index in [4.69, 9.17) is 5.11 Å². The molecule has 102 valence electrons. The minimum Gasteiger partial charge on any atom is -0.396 e. The third-order valence-electron chi connectivity index (χ3n) is 3.14. The van der Waals surface area contributed by atoms with E-state index in [2.05, 4.69) is 47.2 Å². The maximum Gasteiger partial charge on any atom is 0.0585 e. The Balaban J connectivity index is 2.64. The number of halogens is 1. The fourth-order valence-electron chi connectivity index (χ4n) is 1.82. The van der Waals surface area contributed by atoms with E-state index in [9.17, 15) is 5.11 Å². The van der Waals surface area contributed by atoms with E-state index < -0.39 is 0 Å². The number of nitrogens with one attached hydrogen (secondary N) is 1. The van der Waals surface area contributed by atoms with Gasteiger partial charge >= 0.3 is 0 Å². The summed E-state index contributed by atoms with van der Waals surface area (Å²) < 4.78 is 1.07. The molecule has 3 N–H and O–H groups in total. The Labute approximate surface area is 117 Å². The van der Waals surface area contributed by atoms with E-state index in [1.807, 2.05) is 12.1 Å². The smallest absolute Gasteiger partial charge is 0.0585 e. The second-order valence-electron chi connectivity index (χ2n) is 5.17. The van der Waals surface area contributed by atoms with Crippen LogP contribution in [-0.2, 0) is 5.41 Å². The van der Waals surface area contributed by atoms with E-state index >= 15 is 0 Å². The normalized spacial score (nSPS) is 13.6. The topological polar surface area (TPSA) is 52.5 Å². The van der Waals surface area contributed by atoms with Crippen LogP contribution in [0.1, 0.15) is 25.8 Å². The first-order valence-corrected chi connectivity index (χ1v) is 7.00. The van der Waals surface area contributed by atoms with Crippen molar-refractivity contribution in [3.63, 3.8) is 0 Å². The van der Waals surface area contributed by atoms with Crippen molar-refractivity contribution in [3.05, 3.63) is 34.3 Å². The van der Waals surface area contributed by atoms with Crippen molar-refractivity contribution < 1.29 is 10.2 Å². The lowest BCUT2D eigenvalue weighted by Crippen LogP contribution is -2.41. The summed E-state index contributed by atoms with van der Waals surface area (Å²) in [6, 6.07) is 8.21. The monoisotopic (exact) mass is 315 g/mol. The highest BCUT2D eigenvalue weighted by atomic mass is 79.9. The summed E-state index contributed by atoms with van der Waals surface area (Å²) in [5.41, 5.74) is 1.22. The first kappa shape index (κ1) is 15.6. The van der Waals surface area contributed by atoms with E-state index in [-0.39, 0.29) is 24.7 Å². The molecule has 0 aliphatic carbocycles. The molecule has 0 fully saturated rings. The van der Waals surface area contributed by atoms with Gasteiger partial charge in [-0.2, -0.15) is 0 Å². The molecule has 4 heteroatoms. The Hall–Kier alpha value is -0.420. The molecule has 0 aromatic heterocycles. The van der Waals surface area contributed by atoms with Gasteiger partial charge in [0.15, 0.2) is 0 Å². The minimum atomic E-state index is -0.0403. The summed E-state index contributed by atoms with van der Waals surface area (Å²) in [4.78, 5) is 0. The van der Waals surface area contributed by atoms with Crippen molar-refractivity contribution in [2.45, 2.75) is 31.7 Å². The molecular weight excluding hydrogens is 294 g/mol. The molecule has 0 radical (unpaired) electrons. The number of aliphatic hydroxyl groups excluding tert-OH is 2. The van der Waals surface area contributed by atoms with Crippen LogP contribution in [0.15, 0.2) is 28.7 Å². The second kappa shape index (κ2) is 7.24. The number of benzene rings is 1. The molecule has 0 amide bonds. The van der Waals surface area contributed by atoms with Gasteiger partial charge in [-0.1, -0.05) is 41.9 Å². The van der Waals surface area contributed by atoms with Crippen LogP contribution in [0.2, 0.25) is 0 Å². The van der Waals surface area contributed by atoms with Crippen molar-refractivity contribution in [1.82, 2.24) is 5.32 Å². The van der Waals surface area contributed by atoms with E-state index in [0.29, 0.717) is 6.42 Å². The molecule has 1 atom stereocenters. The van der Waals surface area contributed by atoms with Crippen molar-refractivity contribution in [3.8, 4) is 0 Å². The minimum absolute atomic E-state index is 0.0212. The standard InChI is InChI=1S/C14H22BrNO2/c1-14(2,10-16-13(9-18)6-7-17)11-4-3-5-12(15)8-11/h3-5,8,13,16-18H,6-7,9-10H2,1-2H3. The predicted octanol–water partition coefficient (Wildman–Crippen LogP) is 2.06. The highest BCUT2D eigenvalue weighted by molar-refractivity contribution is 9.10. The van der Waals surface area contributed by atoms with Crippen LogP contribution in [0.25, 0.3) is 0 Å². The SMILES string of the molecule is CC(C)(CNC(CO)CCO)c1cccc(Br)c1. The summed E-state index contributed by atoms with van der Waals surface area (Å²) in [5.74, 6) is 0. The third kappa shape index (κ3) is 4.69. The maximum atomic E-state index is 9.19. The van der Waals surface area contributed by atoms with Crippen LogP contribution in [0, 0.1) is 0 Å². The van der Waals surface area contributed by atoms with E-state index in [1.165, 1.54) is 5.56 Å². The Morgan fingerprint density at radius 1 is 1.33 bits per heavy atom. The van der Waals surface area contributed by atoms with Crippen LogP contribution in [0.5, 0.6) is 0 Å². The molecule has 0 saturated heterocycles. The molecule has 0 spiro atoms. The van der Waals surface area contributed by atoms with Gasteiger partial charge < -0.3 is 15.5 Å². The van der Waals surface area contributed by atoms with Gasteiger partial charge in [-0.3, -0.25) is 0 Å². The molecule has 0 bridgehead atoms. The summed E-state index contributed by atoms with van der Waals surface area (Å²) in [5, 5.41) is 21.4. The number of hydrogen-bond donors (Lipinski definition) is 3. The molecule has 3 nitrogen and oxygen atoms in total. The van der Waals surface area contributed by atoms with Crippen LogP contribution >= 0.6 is 15.9 Å². The maximum absolute atomic E-state index is 9.19. The first-order chi connectivity index (χ1) is 8.49. The largest absolute Gasteiger partial charge is 0.396 e. The predicted molar refractivity (Wildman–Crippen MR) is 77.7 cm³/mol. The molecule has 1 unspecified atom stereocenters. The number of hydrogen-bond acceptors (Lipinski definition) is 3. The quantitative estimate of drug-likeness (QED) is 0.722. The number of aliphatic hydroxyl groups is 2. The van der Waals surface area contributed by atoms with Crippen LogP contribution in [0.3, 0.4) is 0 Å². The van der Waals surface area contributed by atoms with Gasteiger partial charge in [0.2, 0.25) is 0 Å². The average molecular weight is 316 g/mol. The Morgan fingerprint density at radius 2 is 2.06 bits per heavy atom. The molecule has 0 saturated carbocycles. The molecule has 0 aliphatic heterocycles. The van der Waals surface area contributed by atoms with Crippen LogP contribution in [-0.4, -0.2) is 36.0 Å². The van der Waals surface area contributed by atoms with Crippen molar-refractivity contribution in [2.75, 3.05) is 19.8 Å². The zero-order chi connectivity index (χ0) is 13.6. The summed E-state index contributed by atoms with van der Waals surface area (Å²) in [6.07, 6.45) is 0.574. The molecular formula is C14H22BrNO2. The van der Waals surface area contributed by atoms with Crippen LogP contribution < -0.4 is 5.32 Å². The number of rotatable bonds is 7. The van der Waals surface area contributed by atoms with Crippen molar-refractivity contribution in [2.24, 2.45) is 0 Å². The van der Waals surface area contributed by atoms with Gasteiger partial charge in [-0.25, -0.2) is 0 Å². The highest BCUT2D eigenvalue weighted by Gasteiger charge is 2.21. The fourth-order valence-corrected chi connectivity index (χ4v) is 2.22. The molecule has 0 heterocycles. The lowest BCUT2D eigenvalue weighted by Gasteiger charge is -2.28. The summed E-state index contributed by atoms with van der Waals surface area (Å²) in [7, 11) is 0. The first-order valence-electron chi connectivity index (χ1n) is 6.21. The third-order valence-corrected chi connectivity index (χ3v) is 3.63. The van der Waals surface area contributed by atoms with Gasteiger partial charge in [0.25, 0.3) is 0 Å². The lowest BCUT2D eigenvalue weighted by molar-refractivity contribution is 0.195. The van der Waals surface area contributed by atoms with E-state index in [1.54, 1.807) is 0 Å². The Morgan fingerprint density at radius 3 is 2.61 bits per heavy atom. The van der Waals surface area contributed by atoms with Gasteiger partial charge in [0.05, 0.1) is 6.61 Å². The molecule has 18 heavy (non-hydrogen) atoms. The zero-order valence-electron chi connectivity index (χ0n) is 11.0. The molecule has 0 aliphatic rings. The summed E-state index contributed by atoms with van der Waals surface area (Å²) in [6.45, 7) is 5.23. The van der Waals surface area contributed by atoms with Crippen molar-refractivity contribution in [1.29, 1.82) is 0 Å². The highest BCUT2D eigenvalue weighted by Crippen LogP contribution is 2.25. The van der Waals surface area contributed by atoms with Crippen molar-refractivity contribution >= 4 is 15.9 Å². The Kier molecular flexibility index (Phi) is 6.29. The Bertz CT molecular complexity index is 369. The van der Waals surface area contributed by atoms with Gasteiger partial charge in [0, 0.05) is 29.1 Å². The fraction of sp³-hybridized carbons (Fsp3) is 0.571. The lowest BCUT2D eigenvalue weighted by atomic mass is 9.84. The van der Waals surface area contributed by atoms with Gasteiger partial charge in [-0.05, 0) is 24.1 Å². The molecule has 1 aromatic carbocycles. The molecule has 1 rings (SSSR count). The molecule has 1 aromatic rings. The average Bonchev–Trinajstić information content (AvgIpc) is 2.34. The van der Waals surface area contributed by atoms with E-state index in [0.717, 1.165) is 11.0 Å². The zero-order valence-corrected chi connectivity index (χ0v) is 12.6.